The van der Waals surface area contributed by atoms with E-state index in [4.69, 9.17) is 0 Å². The Balaban J connectivity index is 1.53. The van der Waals surface area contributed by atoms with Crippen LogP contribution in [0.1, 0.15) is 17.0 Å². The van der Waals surface area contributed by atoms with Crippen molar-refractivity contribution in [3.05, 3.63) is 77.7 Å². The van der Waals surface area contributed by atoms with Gasteiger partial charge in [-0.2, -0.15) is 10.4 Å². The molecule has 0 bridgehead atoms. The van der Waals surface area contributed by atoms with E-state index in [2.05, 4.69) is 26.7 Å². The number of carbonyl (C=O) groups is 1. The lowest BCUT2D eigenvalue weighted by molar-refractivity contribution is -0.113. The molecule has 8 nitrogen and oxygen atoms in total. The number of carbonyl (C=O) groups excluding carboxylic acids is 1. The topological polar surface area (TPSA) is 101 Å². The van der Waals surface area contributed by atoms with Crippen molar-refractivity contribution in [2.24, 2.45) is 0 Å². The number of rotatable bonds is 6. The summed E-state index contributed by atoms with van der Waals surface area (Å²) in [5, 5.41) is 25.5. The molecule has 0 saturated heterocycles. The number of hydrogen-bond acceptors (Lipinski definition) is 6. The van der Waals surface area contributed by atoms with Crippen LogP contribution in [0.5, 0.6) is 0 Å². The average molecular weight is 430 g/mol. The Hall–Kier alpha value is -3.90. The third kappa shape index (κ3) is 4.20. The number of aryl methyl sites for hydroxylation is 2. The molecule has 0 atom stereocenters. The van der Waals surface area contributed by atoms with Crippen molar-refractivity contribution in [3.8, 4) is 17.4 Å². The molecule has 0 aliphatic rings. The molecule has 4 rings (SSSR count). The van der Waals surface area contributed by atoms with E-state index in [1.165, 1.54) is 18.0 Å². The van der Waals surface area contributed by atoms with Gasteiger partial charge in [0.05, 0.1) is 23.3 Å². The Morgan fingerprint density at radius 3 is 2.58 bits per heavy atom. The van der Waals surface area contributed by atoms with Gasteiger partial charge in [-0.15, -0.1) is 10.2 Å². The molecule has 0 fully saturated rings. The third-order valence-electron chi connectivity index (χ3n) is 4.63. The standard InChI is InChI=1S/C22H19N7OS/c1-15-8-6-7-11-19(15)28-16(2)26-27-22(28)31-14-20(30)25-21-17(12-23)13-24-29(21)18-9-4-3-5-10-18/h3-11,13H,14H2,1-2H3,(H,25,30). The number of para-hydroxylation sites is 2. The van der Waals surface area contributed by atoms with E-state index in [1.807, 2.05) is 73.0 Å². The molecule has 31 heavy (non-hydrogen) atoms. The maximum Gasteiger partial charge on any atom is 0.236 e. The lowest BCUT2D eigenvalue weighted by atomic mass is 10.2. The molecule has 2 heterocycles. The van der Waals surface area contributed by atoms with Crippen LogP contribution in [-0.4, -0.2) is 36.2 Å². The SMILES string of the molecule is Cc1ccccc1-n1c(C)nnc1SCC(=O)Nc1c(C#N)cnn1-c1ccccc1. The first-order valence-corrected chi connectivity index (χ1v) is 10.5. The molecule has 2 aromatic carbocycles. The van der Waals surface area contributed by atoms with Gasteiger partial charge in [-0.1, -0.05) is 48.2 Å². The van der Waals surface area contributed by atoms with Crippen molar-refractivity contribution in [2.75, 3.05) is 11.1 Å². The van der Waals surface area contributed by atoms with Crippen LogP contribution < -0.4 is 5.32 Å². The number of hydrogen-bond donors (Lipinski definition) is 1. The summed E-state index contributed by atoms with van der Waals surface area (Å²) in [4.78, 5) is 12.7. The second kappa shape index (κ2) is 8.85. The van der Waals surface area contributed by atoms with Gasteiger partial charge >= 0.3 is 0 Å². The summed E-state index contributed by atoms with van der Waals surface area (Å²) in [5.41, 5.74) is 3.10. The number of benzene rings is 2. The fourth-order valence-electron chi connectivity index (χ4n) is 3.14. The first-order valence-electron chi connectivity index (χ1n) is 9.52. The van der Waals surface area contributed by atoms with Gasteiger partial charge in [-0.3, -0.25) is 9.36 Å². The van der Waals surface area contributed by atoms with Crippen molar-refractivity contribution in [1.29, 1.82) is 5.26 Å². The summed E-state index contributed by atoms with van der Waals surface area (Å²) in [6.07, 6.45) is 1.44. The molecular weight excluding hydrogens is 410 g/mol. The van der Waals surface area contributed by atoms with Crippen LogP contribution in [0.4, 0.5) is 5.82 Å². The van der Waals surface area contributed by atoms with E-state index in [0.717, 1.165) is 22.8 Å². The molecule has 0 aliphatic carbocycles. The molecular formula is C22H19N7OS. The van der Waals surface area contributed by atoms with E-state index in [0.29, 0.717) is 16.5 Å². The van der Waals surface area contributed by atoms with Crippen LogP contribution in [0, 0.1) is 25.2 Å². The van der Waals surface area contributed by atoms with Gasteiger partial charge < -0.3 is 5.32 Å². The molecule has 154 valence electrons. The number of nitrogens with zero attached hydrogens (tertiary/aromatic N) is 6. The van der Waals surface area contributed by atoms with Gasteiger partial charge in [0.15, 0.2) is 11.0 Å². The van der Waals surface area contributed by atoms with Crippen molar-refractivity contribution < 1.29 is 4.79 Å². The number of thioether (sulfide) groups is 1. The summed E-state index contributed by atoms with van der Waals surface area (Å²) in [5.74, 6) is 0.924. The highest BCUT2D eigenvalue weighted by molar-refractivity contribution is 7.99. The number of aromatic nitrogens is 5. The fourth-order valence-corrected chi connectivity index (χ4v) is 3.93. The van der Waals surface area contributed by atoms with Crippen LogP contribution in [-0.2, 0) is 4.79 Å². The zero-order chi connectivity index (χ0) is 21.8. The van der Waals surface area contributed by atoms with Gasteiger partial charge in [-0.25, -0.2) is 4.68 Å². The maximum atomic E-state index is 12.7. The monoisotopic (exact) mass is 429 g/mol. The minimum atomic E-state index is -0.267. The first-order chi connectivity index (χ1) is 15.1. The van der Waals surface area contributed by atoms with E-state index in [9.17, 15) is 10.1 Å². The summed E-state index contributed by atoms with van der Waals surface area (Å²) in [6, 6.07) is 19.3. The number of anilines is 1. The van der Waals surface area contributed by atoms with E-state index in [-0.39, 0.29) is 11.7 Å². The summed E-state index contributed by atoms with van der Waals surface area (Å²) >= 11 is 1.28. The van der Waals surface area contributed by atoms with Gasteiger partial charge in [0.1, 0.15) is 17.5 Å². The van der Waals surface area contributed by atoms with Gasteiger partial charge in [0.25, 0.3) is 0 Å². The molecule has 2 aromatic heterocycles. The highest BCUT2D eigenvalue weighted by Crippen LogP contribution is 2.25. The molecule has 0 saturated carbocycles. The second-order valence-corrected chi connectivity index (χ2v) is 7.70. The fraction of sp³-hybridized carbons (Fsp3) is 0.136. The zero-order valence-corrected chi connectivity index (χ0v) is 17.8. The predicted octanol–water partition coefficient (Wildman–Crippen LogP) is 3.67. The highest BCUT2D eigenvalue weighted by atomic mass is 32.2. The molecule has 0 spiro atoms. The number of amides is 1. The predicted molar refractivity (Wildman–Crippen MR) is 118 cm³/mol. The Kier molecular flexibility index (Phi) is 5.82. The Labute approximate surface area is 183 Å². The van der Waals surface area contributed by atoms with Crippen LogP contribution in [0.3, 0.4) is 0 Å². The van der Waals surface area contributed by atoms with Gasteiger partial charge in [0.2, 0.25) is 5.91 Å². The van der Waals surface area contributed by atoms with E-state index >= 15 is 0 Å². The Bertz CT molecular complexity index is 1270. The Morgan fingerprint density at radius 2 is 1.84 bits per heavy atom. The first kappa shape index (κ1) is 20.4. The molecule has 9 heteroatoms. The second-order valence-electron chi connectivity index (χ2n) is 6.75. The maximum absolute atomic E-state index is 12.7. The summed E-state index contributed by atoms with van der Waals surface area (Å²) in [6.45, 7) is 3.89. The van der Waals surface area contributed by atoms with Crippen LogP contribution in [0.2, 0.25) is 0 Å². The normalized spacial score (nSPS) is 10.6. The largest absolute Gasteiger partial charge is 0.309 e. The molecule has 0 unspecified atom stereocenters. The van der Waals surface area contributed by atoms with Crippen LogP contribution in [0.15, 0.2) is 66.0 Å². The van der Waals surface area contributed by atoms with E-state index in [1.54, 1.807) is 4.68 Å². The molecule has 0 aliphatic heterocycles. The number of nitrogens with one attached hydrogen (secondary N) is 1. The molecule has 0 radical (unpaired) electrons. The van der Waals surface area contributed by atoms with Crippen molar-refractivity contribution in [1.82, 2.24) is 24.5 Å². The zero-order valence-electron chi connectivity index (χ0n) is 17.0. The van der Waals surface area contributed by atoms with Crippen molar-refractivity contribution in [3.63, 3.8) is 0 Å². The quantitative estimate of drug-likeness (QED) is 0.469. The minimum Gasteiger partial charge on any atom is -0.309 e. The summed E-state index contributed by atoms with van der Waals surface area (Å²) in [7, 11) is 0. The lowest BCUT2D eigenvalue weighted by Crippen LogP contribution is -2.18. The van der Waals surface area contributed by atoms with E-state index < -0.39 is 0 Å². The van der Waals surface area contributed by atoms with Crippen LogP contribution in [0.25, 0.3) is 11.4 Å². The highest BCUT2D eigenvalue weighted by Gasteiger charge is 2.18. The molecule has 1 N–H and O–H groups in total. The van der Waals surface area contributed by atoms with Crippen molar-refractivity contribution in [2.45, 2.75) is 19.0 Å². The minimum absolute atomic E-state index is 0.106. The number of nitriles is 1. The lowest BCUT2D eigenvalue weighted by Gasteiger charge is -2.12. The van der Waals surface area contributed by atoms with Crippen LogP contribution >= 0.6 is 11.8 Å². The Morgan fingerprint density at radius 1 is 1.10 bits per heavy atom. The van der Waals surface area contributed by atoms with Crippen molar-refractivity contribution >= 4 is 23.5 Å². The molecule has 1 amide bonds. The summed E-state index contributed by atoms with van der Waals surface area (Å²) < 4.78 is 3.48. The smallest absolute Gasteiger partial charge is 0.236 e. The molecule has 4 aromatic rings. The third-order valence-corrected chi connectivity index (χ3v) is 5.56. The average Bonchev–Trinajstić information content (AvgIpc) is 3.36. The van der Waals surface area contributed by atoms with Gasteiger partial charge in [0, 0.05) is 0 Å². The van der Waals surface area contributed by atoms with Gasteiger partial charge in [-0.05, 0) is 37.6 Å².